The minimum Gasteiger partial charge on any atom is -0.394 e. The molecule has 0 unspecified atom stereocenters. The Labute approximate surface area is 140 Å². The second-order valence-electron chi connectivity index (χ2n) is 10.3. The summed E-state index contributed by atoms with van der Waals surface area (Å²) in [4.78, 5) is 0. The van der Waals surface area contributed by atoms with Crippen LogP contribution < -0.4 is 0 Å². The van der Waals surface area contributed by atoms with Crippen LogP contribution in [0.15, 0.2) is 0 Å². The van der Waals surface area contributed by atoms with E-state index in [4.69, 9.17) is 4.74 Å². The molecule has 0 aromatic carbocycles. The first-order chi connectivity index (χ1) is 10.7. The van der Waals surface area contributed by atoms with Crippen LogP contribution in [0.3, 0.4) is 0 Å². The minimum atomic E-state index is -0.205. The molecule has 1 spiro atoms. The lowest BCUT2D eigenvalue weighted by Crippen LogP contribution is -2.64. The zero-order chi connectivity index (χ0) is 16.7. The zero-order valence-electron chi connectivity index (χ0n) is 15.3. The van der Waals surface area contributed by atoms with Gasteiger partial charge in [-0.15, -0.1) is 0 Å². The smallest absolute Gasteiger partial charge is 0.0867 e. The van der Waals surface area contributed by atoms with Crippen molar-refractivity contribution in [3.05, 3.63) is 0 Å². The van der Waals surface area contributed by atoms with Gasteiger partial charge in [0.15, 0.2) is 0 Å². The Bertz CT molecular complexity index is 503. The molecule has 132 valence electrons. The van der Waals surface area contributed by atoms with Crippen molar-refractivity contribution in [3.8, 4) is 0 Å². The van der Waals surface area contributed by atoms with E-state index in [-0.39, 0.29) is 35.2 Å². The van der Waals surface area contributed by atoms with Crippen molar-refractivity contribution in [3.63, 3.8) is 0 Å². The molecule has 4 fully saturated rings. The average molecular weight is 322 g/mol. The molecule has 4 aliphatic rings. The third kappa shape index (κ3) is 1.93. The Kier molecular flexibility index (Phi) is 3.37. The highest BCUT2D eigenvalue weighted by Gasteiger charge is 2.69. The maximum atomic E-state index is 11.0. The molecule has 3 saturated carbocycles. The molecule has 1 heterocycles. The number of hydrogen-bond acceptors (Lipinski definition) is 3. The Morgan fingerprint density at radius 3 is 2.35 bits per heavy atom. The molecule has 1 aliphatic heterocycles. The third-order valence-electron chi connectivity index (χ3n) is 8.74. The summed E-state index contributed by atoms with van der Waals surface area (Å²) in [5, 5.41) is 20.9. The van der Waals surface area contributed by atoms with E-state index in [1.165, 1.54) is 0 Å². The highest BCUT2D eigenvalue weighted by Crippen LogP contribution is 2.70. The van der Waals surface area contributed by atoms with Crippen molar-refractivity contribution < 1.29 is 14.9 Å². The standard InChI is InChI=1S/C20H34O3/c1-17(2)8-7-15(22)19(4)13(17)6-10-20-12-18(3,9-5-14(19)20)16(11-21)23-20/h13-16,21-22H,5-12H2,1-4H3/t13-,14+,15+,16-,18+,19-,20+/m0/s1. The molecule has 0 radical (unpaired) electrons. The lowest BCUT2D eigenvalue weighted by Gasteiger charge is -2.64. The molecular formula is C20H34O3. The third-order valence-corrected chi connectivity index (χ3v) is 8.74. The maximum absolute atomic E-state index is 11.0. The normalized spacial score (nSPS) is 57.7. The van der Waals surface area contributed by atoms with Gasteiger partial charge in [0.2, 0.25) is 0 Å². The summed E-state index contributed by atoms with van der Waals surface area (Å²) in [5.74, 6) is 1.02. The number of ether oxygens (including phenoxy) is 1. The number of aliphatic hydroxyl groups excluding tert-OH is 2. The molecule has 3 aliphatic carbocycles. The van der Waals surface area contributed by atoms with Crippen molar-refractivity contribution in [1.29, 1.82) is 0 Å². The van der Waals surface area contributed by atoms with Crippen molar-refractivity contribution in [1.82, 2.24) is 0 Å². The molecule has 2 bridgehead atoms. The lowest BCUT2D eigenvalue weighted by molar-refractivity contribution is -0.229. The van der Waals surface area contributed by atoms with Gasteiger partial charge in [-0.3, -0.25) is 0 Å². The van der Waals surface area contributed by atoms with Crippen molar-refractivity contribution >= 4 is 0 Å². The Hall–Kier alpha value is -0.120. The van der Waals surface area contributed by atoms with E-state index in [2.05, 4.69) is 27.7 Å². The second-order valence-corrected chi connectivity index (χ2v) is 10.3. The lowest BCUT2D eigenvalue weighted by atomic mass is 9.41. The van der Waals surface area contributed by atoms with Crippen molar-refractivity contribution in [2.45, 2.75) is 90.4 Å². The summed E-state index contributed by atoms with van der Waals surface area (Å²) in [6.45, 7) is 9.60. The Balaban J connectivity index is 1.75. The summed E-state index contributed by atoms with van der Waals surface area (Å²) in [6.07, 6.45) is 7.45. The van der Waals surface area contributed by atoms with Crippen LogP contribution in [0.2, 0.25) is 0 Å². The molecular weight excluding hydrogens is 288 g/mol. The fourth-order valence-corrected chi connectivity index (χ4v) is 7.55. The van der Waals surface area contributed by atoms with E-state index < -0.39 is 0 Å². The predicted molar refractivity (Wildman–Crippen MR) is 90.0 cm³/mol. The van der Waals surface area contributed by atoms with E-state index in [1.807, 2.05) is 0 Å². The molecule has 3 nitrogen and oxygen atoms in total. The largest absolute Gasteiger partial charge is 0.394 e. The summed E-state index contributed by atoms with van der Waals surface area (Å²) in [7, 11) is 0. The number of hydrogen-bond donors (Lipinski definition) is 2. The molecule has 0 aromatic heterocycles. The number of aliphatic hydroxyl groups is 2. The molecule has 3 heteroatoms. The summed E-state index contributed by atoms with van der Waals surface area (Å²) >= 11 is 0. The van der Waals surface area contributed by atoms with Gasteiger partial charge in [0.1, 0.15) is 0 Å². The van der Waals surface area contributed by atoms with Crippen LogP contribution in [-0.2, 0) is 4.74 Å². The van der Waals surface area contributed by atoms with E-state index in [9.17, 15) is 10.2 Å². The van der Waals surface area contributed by atoms with Crippen LogP contribution in [-0.4, -0.2) is 34.6 Å². The van der Waals surface area contributed by atoms with Crippen LogP contribution in [0.1, 0.15) is 72.6 Å². The van der Waals surface area contributed by atoms with Gasteiger partial charge in [0.25, 0.3) is 0 Å². The first kappa shape index (κ1) is 16.4. The Morgan fingerprint density at radius 1 is 0.957 bits per heavy atom. The van der Waals surface area contributed by atoms with Gasteiger partial charge in [0, 0.05) is 5.41 Å². The molecule has 4 rings (SSSR count). The van der Waals surface area contributed by atoms with Crippen LogP contribution in [0, 0.1) is 28.1 Å². The van der Waals surface area contributed by atoms with Gasteiger partial charge in [-0.1, -0.05) is 27.7 Å². The van der Waals surface area contributed by atoms with Gasteiger partial charge < -0.3 is 14.9 Å². The van der Waals surface area contributed by atoms with Crippen molar-refractivity contribution in [2.24, 2.45) is 28.1 Å². The number of fused-ring (bicyclic) bond motifs is 3. The predicted octanol–water partition coefficient (Wildman–Crippen LogP) is 3.52. The molecule has 2 N–H and O–H groups in total. The first-order valence-corrected chi connectivity index (χ1v) is 9.65. The van der Waals surface area contributed by atoms with Crippen LogP contribution >= 0.6 is 0 Å². The van der Waals surface area contributed by atoms with Gasteiger partial charge in [-0.2, -0.15) is 0 Å². The fourth-order valence-electron chi connectivity index (χ4n) is 7.55. The topological polar surface area (TPSA) is 49.7 Å². The van der Waals surface area contributed by atoms with Gasteiger partial charge in [-0.05, 0) is 67.6 Å². The molecule has 1 saturated heterocycles. The van der Waals surface area contributed by atoms with Gasteiger partial charge >= 0.3 is 0 Å². The first-order valence-electron chi connectivity index (χ1n) is 9.65. The highest BCUT2D eigenvalue weighted by molar-refractivity contribution is 5.18. The van der Waals surface area contributed by atoms with Crippen LogP contribution in [0.4, 0.5) is 0 Å². The Morgan fingerprint density at radius 2 is 1.65 bits per heavy atom. The summed E-state index contributed by atoms with van der Waals surface area (Å²) in [5.41, 5.74) is 0.306. The zero-order valence-corrected chi connectivity index (χ0v) is 15.3. The fraction of sp³-hybridized carbons (Fsp3) is 1.00. The van der Waals surface area contributed by atoms with Crippen molar-refractivity contribution in [2.75, 3.05) is 6.61 Å². The quantitative estimate of drug-likeness (QED) is 0.776. The van der Waals surface area contributed by atoms with Crippen LogP contribution in [0.5, 0.6) is 0 Å². The van der Waals surface area contributed by atoms with E-state index >= 15 is 0 Å². The van der Waals surface area contributed by atoms with Gasteiger partial charge in [-0.25, -0.2) is 0 Å². The molecule has 23 heavy (non-hydrogen) atoms. The second kappa shape index (κ2) is 4.74. The van der Waals surface area contributed by atoms with E-state index in [1.54, 1.807) is 0 Å². The van der Waals surface area contributed by atoms with Gasteiger partial charge in [0.05, 0.1) is 24.4 Å². The SMILES string of the molecule is CC1(C)CC[C@@H](O)[C@@]2(C)[C@H]1CC[C@@]13C[C@@](C)(CC[C@@H]12)[C@H](CO)O3. The molecule has 0 aromatic rings. The van der Waals surface area contributed by atoms with E-state index in [0.29, 0.717) is 17.3 Å². The summed E-state index contributed by atoms with van der Waals surface area (Å²) < 4.78 is 6.60. The molecule has 7 atom stereocenters. The summed E-state index contributed by atoms with van der Waals surface area (Å²) in [6, 6.07) is 0. The highest BCUT2D eigenvalue weighted by atomic mass is 16.5. The number of rotatable bonds is 1. The average Bonchev–Trinajstić information content (AvgIpc) is 2.69. The van der Waals surface area contributed by atoms with E-state index in [0.717, 1.165) is 44.9 Å². The molecule has 0 amide bonds. The minimum absolute atomic E-state index is 0.0126. The monoisotopic (exact) mass is 322 g/mol. The maximum Gasteiger partial charge on any atom is 0.0867 e. The van der Waals surface area contributed by atoms with Crippen LogP contribution in [0.25, 0.3) is 0 Å².